The van der Waals surface area contributed by atoms with Crippen LogP contribution in [0.4, 0.5) is 10.5 Å². The van der Waals surface area contributed by atoms with Crippen molar-refractivity contribution in [3.63, 3.8) is 0 Å². The summed E-state index contributed by atoms with van der Waals surface area (Å²) < 4.78 is 5.54. The number of carboxylic acids is 1. The fourth-order valence-corrected chi connectivity index (χ4v) is 3.07. The van der Waals surface area contributed by atoms with Gasteiger partial charge in [-0.05, 0) is 45.4 Å². The summed E-state index contributed by atoms with van der Waals surface area (Å²) in [4.78, 5) is 27.6. The molecule has 1 aromatic rings. The van der Waals surface area contributed by atoms with E-state index in [1.807, 2.05) is 31.7 Å². The van der Waals surface area contributed by atoms with Crippen LogP contribution >= 0.6 is 0 Å². The van der Waals surface area contributed by atoms with Crippen LogP contribution in [0, 0.1) is 0 Å². The van der Waals surface area contributed by atoms with Crippen molar-refractivity contribution in [1.82, 2.24) is 4.90 Å². The van der Waals surface area contributed by atoms with Crippen molar-refractivity contribution in [3.05, 3.63) is 29.8 Å². The molecule has 0 radical (unpaired) electrons. The quantitative estimate of drug-likeness (QED) is 0.900. The molecule has 1 atom stereocenters. The Morgan fingerprint density at radius 1 is 1.28 bits per heavy atom. The number of nitrogens with zero attached hydrogens (tertiary/aromatic N) is 2. The molecule has 25 heavy (non-hydrogen) atoms. The van der Waals surface area contributed by atoms with Crippen LogP contribution in [0.2, 0.25) is 0 Å². The number of aromatic carboxylic acids is 1. The highest BCUT2D eigenvalue weighted by Crippen LogP contribution is 2.24. The van der Waals surface area contributed by atoms with E-state index >= 15 is 0 Å². The van der Waals surface area contributed by atoms with Crippen LogP contribution in [0.1, 0.15) is 50.9 Å². The first-order valence-corrected chi connectivity index (χ1v) is 8.79. The molecule has 1 unspecified atom stereocenters. The lowest BCUT2D eigenvalue weighted by molar-refractivity contribution is 0.0131. The number of hydrogen-bond acceptors (Lipinski definition) is 4. The monoisotopic (exact) mass is 348 g/mol. The van der Waals surface area contributed by atoms with Crippen LogP contribution in [0.15, 0.2) is 24.3 Å². The zero-order valence-electron chi connectivity index (χ0n) is 15.5. The lowest BCUT2D eigenvalue weighted by atomic mass is 10.1. The average molecular weight is 348 g/mol. The second-order valence-electron chi connectivity index (χ2n) is 7.42. The largest absolute Gasteiger partial charge is 0.478 e. The van der Waals surface area contributed by atoms with Crippen LogP contribution in [0.3, 0.4) is 0 Å². The predicted molar refractivity (Wildman–Crippen MR) is 97.3 cm³/mol. The molecule has 138 valence electrons. The van der Waals surface area contributed by atoms with E-state index in [0.717, 1.165) is 18.5 Å². The normalized spacial score (nSPS) is 18.2. The van der Waals surface area contributed by atoms with E-state index in [0.29, 0.717) is 19.6 Å². The highest BCUT2D eigenvalue weighted by atomic mass is 16.6. The van der Waals surface area contributed by atoms with Crippen molar-refractivity contribution in [3.8, 4) is 0 Å². The highest BCUT2D eigenvalue weighted by Gasteiger charge is 2.33. The van der Waals surface area contributed by atoms with Gasteiger partial charge in [0.15, 0.2) is 0 Å². The topological polar surface area (TPSA) is 70.1 Å². The summed E-state index contributed by atoms with van der Waals surface area (Å²) in [6.07, 6.45) is 1.58. The number of ether oxygens (including phenoxy) is 1. The van der Waals surface area contributed by atoms with Crippen molar-refractivity contribution < 1.29 is 19.4 Å². The molecule has 1 aliphatic rings. The smallest absolute Gasteiger partial charge is 0.410 e. The van der Waals surface area contributed by atoms with E-state index in [1.54, 1.807) is 18.2 Å². The third-order valence-corrected chi connectivity index (χ3v) is 4.19. The van der Waals surface area contributed by atoms with E-state index in [9.17, 15) is 14.7 Å². The van der Waals surface area contributed by atoms with Gasteiger partial charge >= 0.3 is 12.1 Å². The van der Waals surface area contributed by atoms with Gasteiger partial charge in [-0.25, -0.2) is 9.59 Å². The molecule has 2 rings (SSSR count). The fourth-order valence-electron chi connectivity index (χ4n) is 3.07. The summed E-state index contributed by atoms with van der Waals surface area (Å²) in [5, 5.41) is 9.18. The van der Waals surface area contributed by atoms with Gasteiger partial charge in [-0.15, -0.1) is 0 Å². The maximum absolute atomic E-state index is 12.5. The first-order chi connectivity index (χ1) is 11.7. The van der Waals surface area contributed by atoms with Crippen molar-refractivity contribution in [1.29, 1.82) is 0 Å². The number of piperazine rings is 1. The molecule has 0 aromatic heterocycles. The van der Waals surface area contributed by atoms with Crippen LogP contribution < -0.4 is 4.90 Å². The van der Waals surface area contributed by atoms with Crippen molar-refractivity contribution in [2.24, 2.45) is 0 Å². The molecule has 1 aromatic carbocycles. The first kappa shape index (κ1) is 19.1. The molecular weight excluding hydrogens is 320 g/mol. The number of amides is 1. The standard InChI is InChI=1S/C19H28N2O4/c1-5-7-16-13-20(15-9-6-8-14(12-15)17(22)23)10-11-21(16)18(24)25-19(2,3)4/h6,8-9,12,16H,5,7,10-11,13H2,1-4H3,(H,22,23). The SMILES string of the molecule is CCCC1CN(c2cccc(C(=O)O)c2)CCN1C(=O)OC(C)(C)C. The zero-order chi connectivity index (χ0) is 18.6. The van der Waals surface area contributed by atoms with Gasteiger partial charge in [-0.3, -0.25) is 0 Å². The summed E-state index contributed by atoms with van der Waals surface area (Å²) in [6.45, 7) is 9.60. The van der Waals surface area contributed by atoms with E-state index in [2.05, 4.69) is 11.8 Å². The molecule has 0 saturated carbocycles. The third-order valence-electron chi connectivity index (χ3n) is 4.19. The van der Waals surface area contributed by atoms with Gasteiger partial charge in [0, 0.05) is 25.3 Å². The van der Waals surface area contributed by atoms with Crippen LogP contribution in [-0.2, 0) is 4.74 Å². The summed E-state index contributed by atoms with van der Waals surface area (Å²) in [5.74, 6) is -0.931. The Morgan fingerprint density at radius 2 is 2.00 bits per heavy atom. The van der Waals surface area contributed by atoms with Crippen molar-refractivity contribution in [2.75, 3.05) is 24.5 Å². The fraction of sp³-hybridized carbons (Fsp3) is 0.579. The van der Waals surface area contributed by atoms with Gasteiger partial charge in [0.05, 0.1) is 11.6 Å². The number of carbonyl (C=O) groups excluding carboxylic acids is 1. The summed E-state index contributed by atoms with van der Waals surface area (Å²) in [6, 6.07) is 7.01. The second kappa shape index (κ2) is 7.76. The van der Waals surface area contributed by atoms with Gasteiger partial charge in [-0.2, -0.15) is 0 Å². The maximum atomic E-state index is 12.5. The molecule has 1 saturated heterocycles. The molecule has 0 aliphatic carbocycles. The van der Waals surface area contributed by atoms with Crippen LogP contribution in [0.25, 0.3) is 0 Å². The molecule has 1 N–H and O–H groups in total. The van der Waals surface area contributed by atoms with Crippen LogP contribution in [-0.4, -0.2) is 53.3 Å². The Hall–Kier alpha value is -2.24. The molecule has 1 fully saturated rings. The molecular formula is C19H28N2O4. The van der Waals surface area contributed by atoms with E-state index in [4.69, 9.17) is 4.74 Å². The minimum absolute atomic E-state index is 0.0575. The Balaban J connectivity index is 2.14. The predicted octanol–water partition coefficient (Wildman–Crippen LogP) is 3.61. The van der Waals surface area contributed by atoms with Gasteiger partial charge in [-0.1, -0.05) is 19.4 Å². The van der Waals surface area contributed by atoms with Crippen LogP contribution in [0.5, 0.6) is 0 Å². The van der Waals surface area contributed by atoms with E-state index < -0.39 is 11.6 Å². The Kier molecular flexibility index (Phi) is 5.93. The Bertz CT molecular complexity index is 624. The highest BCUT2D eigenvalue weighted by molar-refractivity contribution is 5.88. The van der Waals surface area contributed by atoms with E-state index in [-0.39, 0.29) is 17.7 Å². The molecule has 6 heteroatoms. The number of carbonyl (C=O) groups is 2. The Labute approximate surface area is 149 Å². The maximum Gasteiger partial charge on any atom is 0.410 e. The molecule has 1 heterocycles. The molecule has 1 aliphatic heterocycles. The Morgan fingerprint density at radius 3 is 2.60 bits per heavy atom. The van der Waals surface area contributed by atoms with E-state index in [1.165, 1.54) is 0 Å². The molecule has 0 bridgehead atoms. The lowest BCUT2D eigenvalue weighted by Gasteiger charge is -2.42. The minimum Gasteiger partial charge on any atom is -0.478 e. The lowest BCUT2D eigenvalue weighted by Crippen LogP contribution is -2.56. The summed E-state index contributed by atoms with van der Waals surface area (Å²) in [7, 11) is 0. The summed E-state index contributed by atoms with van der Waals surface area (Å²) in [5.41, 5.74) is 0.643. The van der Waals surface area contributed by atoms with Gasteiger partial charge < -0.3 is 19.6 Å². The first-order valence-electron chi connectivity index (χ1n) is 8.79. The van der Waals surface area contributed by atoms with Crippen molar-refractivity contribution >= 4 is 17.7 Å². The molecule has 0 spiro atoms. The molecule has 6 nitrogen and oxygen atoms in total. The average Bonchev–Trinajstić information content (AvgIpc) is 2.53. The molecule has 1 amide bonds. The van der Waals surface area contributed by atoms with Gasteiger partial charge in [0.1, 0.15) is 5.60 Å². The zero-order valence-corrected chi connectivity index (χ0v) is 15.5. The second-order valence-corrected chi connectivity index (χ2v) is 7.42. The number of hydrogen-bond donors (Lipinski definition) is 1. The number of benzene rings is 1. The number of rotatable bonds is 4. The number of anilines is 1. The third kappa shape index (κ3) is 5.11. The summed E-state index contributed by atoms with van der Waals surface area (Å²) >= 11 is 0. The van der Waals surface area contributed by atoms with Crippen molar-refractivity contribution in [2.45, 2.75) is 52.2 Å². The minimum atomic E-state index is -0.931. The number of carboxylic acid groups (broad SMARTS) is 1. The van der Waals surface area contributed by atoms with Gasteiger partial charge in [0.2, 0.25) is 0 Å². The van der Waals surface area contributed by atoms with Gasteiger partial charge in [0.25, 0.3) is 0 Å².